The average molecular weight is 507 g/mol. The second-order valence-corrected chi connectivity index (χ2v) is 9.87. The zero-order valence-corrected chi connectivity index (χ0v) is 20.6. The number of imide groups is 1. The number of halogens is 2. The number of carbonyl (C=O) groups is 2. The maximum Gasteiger partial charge on any atom is 0.298 e. The number of hydrogen-bond donors (Lipinski definition) is 0. The summed E-state index contributed by atoms with van der Waals surface area (Å²) in [5.41, 5.74) is 4.84. The standard InChI is InChI=1S/C27H20Cl2N2O2S/c1-2-18-5-3-8-23-19(16-30(25(18)23)15-17-9-11-20(28)12-10-17)13-24-26(32)31(27(33)34-24)22-7-4-6-21(29)14-22/h3-14,16H,2,15H2,1H3/b24-13-. The van der Waals surface area contributed by atoms with Crippen molar-refractivity contribution in [1.82, 2.24) is 4.57 Å². The van der Waals surface area contributed by atoms with Crippen LogP contribution in [0.1, 0.15) is 23.6 Å². The van der Waals surface area contributed by atoms with E-state index in [1.807, 2.05) is 42.6 Å². The molecule has 0 aliphatic carbocycles. The Morgan fingerprint density at radius 3 is 2.44 bits per heavy atom. The molecule has 0 atom stereocenters. The molecule has 0 bridgehead atoms. The summed E-state index contributed by atoms with van der Waals surface area (Å²) in [4.78, 5) is 27.4. The minimum Gasteiger partial charge on any atom is -0.342 e. The molecule has 4 aromatic rings. The summed E-state index contributed by atoms with van der Waals surface area (Å²) in [7, 11) is 0. The van der Waals surface area contributed by atoms with Crippen molar-refractivity contribution >= 4 is 68.8 Å². The minimum absolute atomic E-state index is 0.335. The van der Waals surface area contributed by atoms with E-state index in [1.54, 1.807) is 24.3 Å². The highest BCUT2D eigenvalue weighted by atomic mass is 35.5. The van der Waals surface area contributed by atoms with Crippen LogP contribution in [0, 0.1) is 0 Å². The Balaban J connectivity index is 1.57. The highest BCUT2D eigenvalue weighted by Gasteiger charge is 2.36. The van der Waals surface area contributed by atoms with E-state index < -0.39 is 0 Å². The van der Waals surface area contributed by atoms with Gasteiger partial charge in [-0.15, -0.1) is 0 Å². The van der Waals surface area contributed by atoms with E-state index in [0.717, 1.165) is 40.2 Å². The third kappa shape index (κ3) is 4.27. The van der Waals surface area contributed by atoms with Gasteiger partial charge in [-0.1, -0.05) is 66.5 Å². The number of para-hydroxylation sites is 1. The van der Waals surface area contributed by atoms with E-state index in [2.05, 4.69) is 23.6 Å². The van der Waals surface area contributed by atoms with Gasteiger partial charge in [0, 0.05) is 33.7 Å². The van der Waals surface area contributed by atoms with Crippen LogP contribution in [0.2, 0.25) is 10.0 Å². The fourth-order valence-electron chi connectivity index (χ4n) is 4.22. The topological polar surface area (TPSA) is 42.3 Å². The number of carbonyl (C=O) groups excluding carboxylic acids is 2. The predicted molar refractivity (Wildman–Crippen MR) is 142 cm³/mol. The molecule has 1 saturated heterocycles. The molecule has 170 valence electrons. The maximum absolute atomic E-state index is 13.2. The molecule has 0 radical (unpaired) electrons. The third-order valence-corrected chi connectivity index (χ3v) is 7.16. The Labute approximate surface area is 211 Å². The van der Waals surface area contributed by atoms with Crippen LogP contribution >= 0.6 is 35.0 Å². The molecule has 0 N–H and O–H groups in total. The van der Waals surface area contributed by atoms with Crippen molar-refractivity contribution in [3.05, 3.63) is 105 Å². The number of aryl methyl sites for hydroxylation is 1. The number of rotatable bonds is 5. The van der Waals surface area contributed by atoms with Crippen molar-refractivity contribution in [2.45, 2.75) is 19.9 Å². The van der Waals surface area contributed by atoms with Crippen LogP contribution in [0.5, 0.6) is 0 Å². The van der Waals surface area contributed by atoms with Gasteiger partial charge in [0.1, 0.15) is 0 Å². The van der Waals surface area contributed by atoms with Gasteiger partial charge in [0.25, 0.3) is 11.1 Å². The van der Waals surface area contributed by atoms with Gasteiger partial charge in [-0.05, 0) is 65.7 Å². The first-order valence-electron chi connectivity index (χ1n) is 10.8. The van der Waals surface area contributed by atoms with Gasteiger partial charge in [0.2, 0.25) is 0 Å². The number of anilines is 1. The van der Waals surface area contributed by atoms with Gasteiger partial charge in [-0.25, -0.2) is 4.90 Å². The molecule has 0 unspecified atom stereocenters. The molecule has 1 aliphatic rings. The number of nitrogens with zero attached hydrogens (tertiary/aromatic N) is 2. The molecule has 4 nitrogen and oxygen atoms in total. The molecule has 7 heteroatoms. The Morgan fingerprint density at radius 1 is 0.941 bits per heavy atom. The fraction of sp³-hybridized carbons (Fsp3) is 0.111. The second kappa shape index (κ2) is 9.34. The van der Waals surface area contributed by atoms with Crippen LogP contribution in [-0.2, 0) is 17.8 Å². The van der Waals surface area contributed by atoms with Crippen LogP contribution in [0.4, 0.5) is 10.5 Å². The summed E-state index contributed by atoms with van der Waals surface area (Å²) < 4.78 is 2.20. The summed E-state index contributed by atoms with van der Waals surface area (Å²) in [5.74, 6) is -0.345. The molecular weight excluding hydrogens is 487 g/mol. The van der Waals surface area contributed by atoms with Gasteiger partial charge in [0.05, 0.1) is 16.1 Å². The van der Waals surface area contributed by atoms with Gasteiger partial charge in [-0.3, -0.25) is 9.59 Å². The number of thioether (sulfide) groups is 1. The first kappa shape index (κ1) is 22.8. The lowest BCUT2D eigenvalue weighted by atomic mass is 10.1. The largest absolute Gasteiger partial charge is 0.342 e. The van der Waals surface area contributed by atoms with Crippen LogP contribution in [0.25, 0.3) is 17.0 Å². The van der Waals surface area contributed by atoms with Gasteiger partial charge in [-0.2, -0.15) is 0 Å². The Bertz CT molecular complexity index is 1460. The summed E-state index contributed by atoms with van der Waals surface area (Å²) in [6.07, 6.45) is 4.74. The molecule has 3 aromatic carbocycles. The number of amides is 2. The van der Waals surface area contributed by atoms with Crippen LogP contribution in [-0.4, -0.2) is 15.7 Å². The Morgan fingerprint density at radius 2 is 1.71 bits per heavy atom. The first-order valence-corrected chi connectivity index (χ1v) is 12.4. The van der Waals surface area contributed by atoms with Crippen LogP contribution < -0.4 is 4.90 Å². The number of fused-ring (bicyclic) bond motifs is 1. The molecule has 2 heterocycles. The second-order valence-electron chi connectivity index (χ2n) is 8.00. The Hall–Kier alpha value is -2.99. The number of aromatic nitrogens is 1. The summed E-state index contributed by atoms with van der Waals surface area (Å²) in [5, 5.41) is 1.88. The zero-order chi connectivity index (χ0) is 23.8. The normalized spacial score (nSPS) is 15.1. The summed E-state index contributed by atoms with van der Waals surface area (Å²) in [6, 6.07) is 20.8. The SMILES string of the molecule is CCc1cccc2c(/C=C3\SC(=O)N(c4cccc(Cl)c4)C3=O)cn(Cc3ccc(Cl)cc3)c12. The van der Waals surface area contributed by atoms with E-state index in [4.69, 9.17) is 23.2 Å². The molecule has 34 heavy (non-hydrogen) atoms. The predicted octanol–water partition coefficient (Wildman–Crippen LogP) is 7.80. The van der Waals surface area contributed by atoms with Gasteiger partial charge in [0.15, 0.2) is 0 Å². The Kier molecular flexibility index (Phi) is 6.26. The molecule has 2 amide bonds. The maximum atomic E-state index is 13.2. The van der Waals surface area contributed by atoms with Crippen molar-refractivity contribution in [2.75, 3.05) is 4.90 Å². The van der Waals surface area contributed by atoms with Crippen LogP contribution in [0.15, 0.2) is 77.8 Å². The van der Waals surface area contributed by atoms with Crippen molar-refractivity contribution < 1.29 is 9.59 Å². The lowest BCUT2D eigenvalue weighted by Gasteiger charge is -2.12. The smallest absolute Gasteiger partial charge is 0.298 e. The highest BCUT2D eigenvalue weighted by Crippen LogP contribution is 2.38. The molecule has 5 rings (SSSR count). The third-order valence-electron chi connectivity index (χ3n) is 5.81. The molecule has 0 spiro atoms. The molecule has 1 fully saturated rings. The van der Waals surface area contributed by atoms with Crippen molar-refractivity contribution in [2.24, 2.45) is 0 Å². The molecule has 0 saturated carbocycles. The summed E-state index contributed by atoms with van der Waals surface area (Å²) >= 11 is 13.1. The van der Waals surface area contributed by atoms with Crippen molar-refractivity contribution in [3.63, 3.8) is 0 Å². The quantitative estimate of drug-likeness (QED) is 0.259. The number of hydrogen-bond acceptors (Lipinski definition) is 3. The minimum atomic E-state index is -0.345. The highest BCUT2D eigenvalue weighted by molar-refractivity contribution is 8.19. The van der Waals surface area contributed by atoms with E-state index in [0.29, 0.717) is 27.2 Å². The van der Waals surface area contributed by atoms with Crippen LogP contribution in [0.3, 0.4) is 0 Å². The molecule has 1 aromatic heterocycles. The number of benzene rings is 3. The van der Waals surface area contributed by atoms with E-state index >= 15 is 0 Å². The zero-order valence-electron chi connectivity index (χ0n) is 18.3. The lowest BCUT2D eigenvalue weighted by Crippen LogP contribution is -2.27. The molecule has 1 aliphatic heterocycles. The van der Waals surface area contributed by atoms with Crippen molar-refractivity contribution in [3.8, 4) is 0 Å². The average Bonchev–Trinajstić information content (AvgIpc) is 3.31. The monoisotopic (exact) mass is 506 g/mol. The van der Waals surface area contributed by atoms with Gasteiger partial charge < -0.3 is 4.57 Å². The van der Waals surface area contributed by atoms with E-state index in [-0.39, 0.29) is 11.1 Å². The van der Waals surface area contributed by atoms with Crippen molar-refractivity contribution in [1.29, 1.82) is 0 Å². The fourth-order valence-corrected chi connectivity index (χ4v) is 5.37. The molecular formula is C27H20Cl2N2O2S. The first-order chi connectivity index (χ1) is 16.4. The lowest BCUT2D eigenvalue weighted by molar-refractivity contribution is -0.113. The van der Waals surface area contributed by atoms with E-state index in [1.165, 1.54) is 10.5 Å². The van der Waals surface area contributed by atoms with Gasteiger partial charge >= 0.3 is 0 Å². The van der Waals surface area contributed by atoms with E-state index in [9.17, 15) is 9.59 Å². The summed E-state index contributed by atoms with van der Waals surface area (Å²) in [6.45, 7) is 2.80.